The summed E-state index contributed by atoms with van der Waals surface area (Å²) in [6.45, 7) is 7.14. The molecule has 0 radical (unpaired) electrons. The summed E-state index contributed by atoms with van der Waals surface area (Å²) in [7, 11) is 0. The second kappa shape index (κ2) is 10.4. The Morgan fingerprint density at radius 3 is 2.41 bits per heavy atom. The van der Waals surface area contributed by atoms with E-state index in [0.717, 1.165) is 12.8 Å². The number of carboxylic acids is 1. The lowest BCUT2D eigenvalue weighted by Crippen LogP contribution is -2.46. The molecule has 0 aromatic rings. The summed E-state index contributed by atoms with van der Waals surface area (Å²) in [5.74, 6) is -0.959. The second-order valence-corrected chi connectivity index (χ2v) is 6.15. The molecule has 22 heavy (non-hydrogen) atoms. The van der Waals surface area contributed by atoms with Crippen molar-refractivity contribution in [3.63, 3.8) is 0 Å². The monoisotopic (exact) mass is 320 g/mol. The van der Waals surface area contributed by atoms with Crippen molar-refractivity contribution in [2.45, 2.75) is 58.6 Å². The van der Waals surface area contributed by atoms with Crippen molar-refractivity contribution in [2.75, 3.05) is 26.3 Å². The molecule has 0 aliphatic carbocycles. The van der Waals surface area contributed by atoms with Crippen molar-refractivity contribution < 1.29 is 23.8 Å². The van der Waals surface area contributed by atoms with Gasteiger partial charge in [-0.25, -0.2) is 9.18 Å². The van der Waals surface area contributed by atoms with Crippen LogP contribution in [0.15, 0.2) is 0 Å². The fourth-order valence-corrected chi connectivity index (χ4v) is 2.01. The number of ether oxygens (including phenoxy) is 1. The fourth-order valence-electron chi connectivity index (χ4n) is 2.01. The zero-order chi connectivity index (χ0) is 17.2. The highest BCUT2D eigenvalue weighted by Gasteiger charge is 2.25. The van der Waals surface area contributed by atoms with Crippen molar-refractivity contribution in [1.82, 2.24) is 10.2 Å². The largest absolute Gasteiger partial charge is 0.480 e. The number of nitrogens with zero attached hydrogens (tertiary/aromatic N) is 1. The van der Waals surface area contributed by atoms with Crippen LogP contribution >= 0.6 is 0 Å². The van der Waals surface area contributed by atoms with Gasteiger partial charge in [0.25, 0.3) is 0 Å². The van der Waals surface area contributed by atoms with Gasteiger partial charge in [-0.3, -0.25) is 9.69 Å². The van der Waals surface area contributed by atoms with Crippen LogP contribution in [0.5, 0.6) is 0 Å². The number of aliphatic carboxylic acids is 1. The molecule has 2 N–H and O–H groups in total. The molecule has 0 aliphatic heterocycles. The van der Waals surface area contributed by atoms with Gasteiger partial charge in [-0.1, -0.05) is 19.8 Å². The summed E-state index contributed by atoms with van der Waals surface area (Å²) in [5.41, 5.74) is -0.590. The van der Waals surface area contributed by atoms with Crippen molar-refractivity contribution in [2.24, 2.45) is 0 Å². The maximum Gasteiger partial charge on any atom is 0.407 e. The molecule has 0 saturated heterocycles. The minimum absolute atomic E-state index is 0.0384. The summed E-state index contributed by atoms with van der Waals surface area (Å²) in [5, 5.41) is 11.8. The van der Waals surface area contributed by atoms with Crippen molar-refractivity contribution in [3.8, 4) is 0 Å². The highest BCUT2D eigenvalue weighted by Crippen LogP contribution is 2.10. The fraction of sp³-hybridized carbons (Fsp3) is 0.867. The van der Waals surface area contributed by atoms with E-state index in [1.807, 2.05) is 6.92 Å². The predicted molar refractivity (Wildman–Crippen MR) is 82.7 cm³/mol. The zero-order valence-corrected chi connectivity index (χ0v) is 14.0. The number of amides is 1. The second-order valence-electron chi connectivity index (χ2n) is 6.15. The average molecular weight is 320 g/mol. The molecule has 7 heteroatoms. The maximum atomic E-state index is 12.7. The van der Waals surface area contributed by atoms with Gasteiger partial charge in [-0.05, 0) is 27.2 Å². The van der Waals surface area contributed by atoms with Gasteiger partial charge in [-0.15, -0.1) is 0 Å². The molecule has 0 spiro atoms. The van der Waals surface area contributed by atoms with E-state index in [1.165, 1.54) is 0 Å². The number of carboxylic acid groups (broad SMARTS) is 1. The first-order valence-electron chi connectivity index (χ1n) is 7.71. The molecule has 1 amide bonds. The summed E-state index contributed by atoms with van der Waals surface area (Å²) in [4.78, 5) is 24.4. The van der Waals surface area contributed by atoms with Crippen LogP contribution in [0.25, 0.3) is 0 Å². The van der Waals surface area contributed by atoms with E-state index < -0.39 is 30.4 Å². The van der Waals surface area contributed by atoms with Gasteiger partial charge < -0.3 is 15.2 Å². The van der Waals surface area contributed by atoms with Gasteiger partial charge in [0.2, 0.25) is 0 Å². The molecular formula is C15H29FN2O4. The van der Waals surface area contributed by atoms with Crippen LogP contribution in [-0.2, 0) is 9.53 Å². The van der Waals surface area contributed by atoms with Crippen LogP contribution in [0.1, 0.15) is 47.0 Å². The lowest BCUT2D eigenvalue weighted by Gasteiger charge is -2.28. The van der Waals surface area contributed by atoms with Gasteiger partial charge in [-0.2, -0.15) is 0 Å². The topological polar surface area (TPSA) is 78.9 Å². The van der Waals surface area contributed by atoms with Crippen LogP contribution in [-0.4, -0.2) is 60.0 Å². The van der Waals surface area contributed by atoms with Crippen molar-refractivity contribution >= 4 is 12.1 Å². The Bertz CT molecular complexity index is 345. The number of halogens is 1. The zero-order valence-electron chi connectivity index (χ0n) is 14.0. The summed E-state index contributed by atoms with van der Waals surface area (Å²) < 4.78 is 17.7. The molecule has 0 heterocycles. The highest BCUT2D eigenvalue weighted by atomic mass is 19.1. The smallest absolute Gasteiger partial charge is 0.407 e. The molecular weight excluding hydrogens is 291 g/mol. The van der Waals surface area contributed by atoms with Gasteiger partial charge in [0.15, 0.2) is 0 Å². The van der Waals surface area contributed by atoms with Crippen LogP contribution in [0.2, 0.25) is 0 Å². The van der Waals surface area contributed by atoms with E-state index in [9.17, 15) is 19.1 Å². The number of hydrogen-bond donors (Lipinski definition) is 2. The standard InChI is InChI=1S/C15H29FN2O4/c1-5-6-7-12(13(19)20)18(10-8-16)11-9-17-14(21)22-15(2,3)4/h12H,5-11H2,1-4H3,(H,17,21)(H,19,20)/t12-/m0/s1. The third kappa shape index (κ3) is 9.55. The number of unbranched alkanes of at least 4 members (excludes halogenated alkanes) is 1. The number of alkyl halides is 1. The van der Waals surface area contributed by atoms with E-state index in [2.05, 4.69) is 5.32 Å². The van der Waals surface area contributed by atoms with Crippen molar-refractivity contribution in [1.29, 1.82) is 0 Å². The molecule has 0 unspecified atom stereocenters. The minimum atomic E-state index is -0.959. The van der Waals surface area contributed by atoms with Crippen LogP contribution < -0.4 is 5.32 Å². The quantitative estimate of drug-likeness (QED) is 0.646. The average Bonchev–Trinajstić information content (AvgIpc) is 2.36. The first kappa shape index (κ1) is 20.6. The number of rotatable bonds is 10. The molecule has 0 saturated carbocycles. The Balaban J connectivity index is 4.43. The Morgan fingerprint density at radius 1 is 1.32 bits per heavy atom. The van der Waals surface area contributed by atoms with Crippen LogP contribution in [0.3, 0.4) is 0 Å². The first-order chi connectivity index (χ1) is 10.2. The molecule has 0 fully saturated rings. The molecule has 130 valence electrons. The maximum absolute atomic E-state index is 12.7. The Kier molecular flexibility index (Phi) is 9.73. The van der Waals surface area contributed by atoms with Gasteiger partial charge >= 0.3 is 12.1 Å². The lowest BCUT2D eigenvalue weighted by molar-refractivity contribution is -0.143. The molecule has 0 aromatic carbocycles. The van der Waals surface area contributed by atoms with E-state index in [-0.39, 0.29) is 19.6 Å². The SMILES string of the molecule is CCCC[C@@H](C(=O)O)N(CCF)CCNC(=O)OC(C)(C)C. The lowest BCUT2D eigenvalue weighted by atomic mass is 10.1. The van der Waals surface area contributed by atoms with E-state index in [0.29, 0.717) is 6.42 Å². The predicted octanol–water partition coefficient (Wildman–Crippen LogP) is 2.43. The number of nitrogens with one attached hydrogen (secondary N) is 1. The Hall–Kier alpha value is -1.37. The van der Waals surface area contributed by atoms with Crippen molar-refractivity contribution in [3.05, 3.63) is 0 Å². The first-order valence-corrected chi connectivity index (χ1v) is 7.71. The van der Waals surface area contributed by atoms with Gasteiger partial charge in [0, 0.05) is 19.6 Å². The Morgan fingerprint density at radius 2 is 1.95 bits per heavy atom. The number of carbonyl (C=O) groups is 2. The normalized spacial score (nSPS) is 13.0. The summed E-state index contributed by atoms with van der Waals surface area (Å²) in [6, 6.07) is -0.726. The summed E-state index contributed by atoms with van der Waals surface area (Å²) in [6.07, 6.45) is 1.55. The van der Waals surface area contributed by atoms with Gasteiger partial charge in [0.1, 0.15) is 18.3 Å². The third-order valence-corrected chi connectivity index (χ3v) is 3.00. The molecule has 6 nitrogen and oxygen atoms in total. The Labute approximate surface area is 132 Å². The van der Waals surface area contributed by atoms with Crippen LogP contribution in [0, 0.1) is 0 Å². The number of carbonyl (C=O) groups excluding carboxylic acids is 1. The van der Waals surface area contributed by atoms with Crippen LogP contribution in [0.4, 0.5) is 9.18 Å². The summed E-state index contributed by atoms with van der Waals surface area (Å²) >= 11 is 0. The molecule has 1 atom stereocenters. The third-order valence-electron chi connectivity index (χ3n) is 3.00. The molecule has 0 aromatic heterocycles. The molecule has 0 bridgehead atoms. The number of hydrogen-bond acceptors (Lipinski definition) is 4. The van der Waals surface area contributed by atoms with E-state index >= 15 is 0 Å². The van der Waals surface area contributed by atoms with E-state index in [1.54, 1.807) is 25.7 Å². The minimum Gasteiger partial charge on any atom is -0.480 e. The van der Waals surface area contributed by atoms with E-state index in [4.69, 9.17) is 4.74 Å². The van der Waals surface area contributed by atoms with Gasteiger partial charge in [0.05, 0.1) is 0 Å². The molecule has 0 rings (SSSR count). The highest BCUT2D eigenvalue weighted by molar-refractivity contribution is 5.73. The number of alkyl carbamates (subject to hydrolysis) is 1. The molecule has 0 aliphatic rings.